The van der Waals surface area contributed by atoms with Gasteiger partial charge in [-0.3, -0.25) is 0 Å². The summed E-state index contributed by atoms with van der Waals surface area (Å²) < 4.78 is 5.59. The zero-order valence-electron chi connectivity index (χ0n) is 10.1. The highest BCUT2D eigenvalue weighted by molar-refractivity contribution is 5.19. The smallest absolute Gasteiger partial charge is 0.0977 e. The molecule has 2 heteroatoms. The average molecular weight is 219 g/mol. The highest BCUT2D eigenvalue weighted by Crippen LogP contribution is 2.22. The lowest BCUT2D eigenvalue weighted by atomic mass is 9.99. The number of hydrogen-bond acceptors (Lipinski definition) is 2. The van der Waals surface area contributed by atoms with Gasteiger partial charge >= 0.3 is 0 Å². The van der Waals surface area contributed by atoms with Crippen molar-refractivity contribution in [3.63, 3.8) is 0 Å². The fourth-order valence-corrected chi connectivity index (χ4v) is 1.93. The van der Waals surface area contributed by atoms with Crippen molar-refractivity contribution in [2.24, 2.45) is 0 Å². The van der Waals surface area contributed by atoms with E-state index in [9.17, 15) is 0 Å². The Morgan fingerprint density at radius 1 is 1.38 bits per heavy atom. The molecule has 0 aliphatic carbocycles. The molecule has 0 radical (unpaired) electrons. The minimum Gasteiger partial charge on any atom is -0.375 e. The summed E-state index contributed by atoms with van der Waals surface area (Å²) in [6.07, 6.45) is 2.92. The van der Waals surface area contributed by atoms with Crippen molar-refractivity contribution in [3.05, 3.63) is 48.6 Å². The summed E-state index contributed by atoms with van der Waals surface area (Å²) >= 11 is 0. The molecule has 0 amide bonds. The molecule has 1 N–H and O–H groups in total. The van der Waals surface area contributed by atoms with Gasteiger partial charge < -0.3 is 10.1 Å². The number of hydrogen-bond donors (Lipinski definition) is 1. The normalized spacial score (nSPS) is 14.4. The van der Waals surface area contributed by atoms with Gasteiger partial charge in [0.25, 0.3) is 0 Å². The molecule has 0 bridgehead atoms. The minimum atomic E-state index is 0.0825. The van der Waals surface area contributed by atoms with Gasteiger partial charge in [0.05, 0.1) is 6.10 Å². The Morgan fingerprint density at radius 3 is 2.56 bits per heavy atom. The minimum absolute atomic E-state index is 0.0825. The van der Waals surface area contributed by atoms with E-state index in [1.54, 1.807) is 7.11 Å². The first-order chi connectivity index (χ1) is 7.83. The molecule has 0 saturated carbocycles. The van der Waals surface area contributed by atoms with Crippen LogP contribution in [0, 0.1) is 0 Å². The highest BCUT2D eigenvalue weighted by atomic mass is 16.5. The molecular formula is C14H21NO. The van der Waals surface area contributed by atoms with Gasteiger partial charge in [0, 0.05) is 13.2 Å². The molecule has 0 aromatic heterocycles. The van der Waals surface area contributed by atoms with Crippen LogP contribution in [0.3, 0.4) is 0 Å². The van der Waals surface area contributed by atoms with Crippen LogP contribution in [0.5, 0.6) is 0 Å². The number of nitrogens with one attached hydrogen (secondary N) is 1. The first kappa shape index (κ1) is 12.9. The summed E-state index contributed by atoms with van der Waals surface area (Å²) in [4.78, 5) is 0. The molecule has 1 rings (SSSR count). The third-order valence-electron chi connectivity index (χ3n) is 2.63. The zero-order valence-corrected chi connectivity index (χ0v) is 10.1. The second kappa shape index (κ2) is 7.20. The Kier molecular flexibility index (Phi) is 5.83. The maximum Gasteiger partial charge on any atom is 0.0977 e. The van der Waals surface area contributed by atoms with Crippen LogP contribution in [0.25, 0.3) is 0 Å². The molecular weight excluding hydrogens is 198 g/mol. The topological polar surface area (TPSA) is 21.3 Å². The van der Waals surface area contributed by atoms with Crippen LogP contribution in [0.2, 0.25) is 0 Å². The van der Waals surface area contributed by atoms with Crippen LogP contribution < -0.4 is 5.32 Å². The predicted molar refractivity (Wildman–Crippen MR) is 68.5 cm³/mol. The maximum absolute atomic E-state index is 5.59. The van der Waals surface area contributed by atoms with E-state index in [0.29, 0.717) is 0 Å². The molecule has 1 aromatic carbocycles. The van der Waals surface area contributed by atoms with Crippen molar-refractivity contribution < 1.29 is 4.74 Å². The van der Waals surface area contributed by atoms with E-state index in [0.717, 1.165) is 13.0 Å². The van der Waals surface area contributed by atoms with Gasteiger partial charge in [0.1, 0.15) is 0 Å². The number of ether oxygens (including phenoxy) is 1. The lowest BCUT2D eigenvalue weighted by Crippen LogP contribution is -2.35. The van der Waals surface area contributed by atoms with Crippen LogP contribution in [-0.4, -0.2) is 19.7 Å². The molecule has 0 heterocycles. The Bertz CT molecular complexity index is 297. The monoisotopic (exact) mass is 219 g/mol. The van der Waals surface area contributed by atoms with Gasteiger partial charge in [0.2, 0.25) is 0 Å². The summed E-state index contributed by atoms with van der Waals surface area (Å²) in [7, 11) is 1.76. The second-order valence-corrected chi connectivity index (χ2v) is 3.76. The molecule has 0 spiro atoms. The van der Waals surface area contributed by atoms with Crippen molar-refractivity contribution in [1.29, 1.82) is 0 Å². The van der Waals surface area contributed by atoms with Crippen LogP contribution in [0.15, 0.2) is 43.0 Å². The van der Waals surface area contributed by atoms with Crippen molar-refractivity contribution in [1.82, 2.24) is 5.32 Å². The fourth-order valence-electron chi connectivity index (χ4n) is 1.93. The quantitative estimate of drug-likeness (QED) is 0.712. The van der Waals surface area contributed by atoms with Gasteiger partial charge in [0.15, 0.2) is 0 Å². The highest BCUT2D eigenvalue weighted by Gasteiger charge is 2.20. The summed E-state index contributed by atoms with van der Waals surface area (Å²) in [6.45, 7) is 6.84. The van der Waals surface area contributed by atoms with Gasteiger partial charge in [-0.1, -0.05) is 43.3 Å². The number of likely N-dealkylation sites (N-methyl/N-ethyl adjacent to an activating group) is 1. The molecule has 0 saturated heterocycles. The maximum atomic E-state index is 5.59. The second-order valence-electron chi connectivity index (χ2n) is 3.76. The number of methoxy groups -OCH3 is 1. The van der Waals surface area contributed by atoms with Gasteiger partial charge in [-0.05, 0) is 18.5 Å². The third-order valence-corrected chi connectivity index (χ3v) is 2.63. The number of rotatable bonds is 7. The molecule has 2 atom stereocenters. The van der Waals surface area contributed by atoms with Crippen molar-refractivity contribution in [2.75, 3.05) is 13.7 Å². The molecule has 2 unspecified atom stereocenters. The van der Waals surface area contributed by atoms with Gasteiger partial charge in [-0.15, -0.1) is 6.58 Å². The SMILES string of the molecule is C=CCC(NCC)C(OC)c1ccccc1. The Hall–Kier alpha value is -1.12. The van der Waals surface area contributed by atoms with Crippen LogP contribution in [-0.2, 0) is 4.74 Å². The van der Waals surface area contributed by atoms with Crippen molar-refractivity contribution in [2.45, 2.75) is 25.5 Å². The van der Waals surface area contributed by atoms with E-state index in [4.69, 9.17) is 4.74 Å². The van der Waals surface area contributed by atoms with E-state index < -0.39 is 0 Å². The van der Waals surface area contributed by atoms with Crippen molar-refractivity contribution in [3.8, 4) is 0 Å². The Morgan fingerprint density at radius 2 is 2.06 bits per heavy atom. The predicted octanol–water partition coefficient (Wildman–Crippen LogP) is 2.93. The summed E-state index contributed by atoms with van der Waals surface area (Å²) in [5, 5.41) is 3.44. The lowest BCUT2D eigenvalue weighted by molar-refractivity contribution is 0.0692. The lowest BCUT2D eigenvalue weighted by Gasteiger charge is -2.26. The number of benzene rings is 1. The Labute approximate surface area is 98.3 Å². The third kappa shape index (κ3) is 3.47. The van der Waals surface area contributed by atoms with E-state index in [-0.39, 0.29) is 12.1 Å². The molecule has 2 nitrogen and oxygen atoms in total. The zero-order chi connectivity index (χ0) is 11.8. The standard InChI is InChI=1S/C14H21NO/c1-4-9-13(15-5-2)14(16-3)12-10-7-6-8-11-12/h4,6-8,10-11,13-15H,1,5,9H2,2-3H3. The van der Waals surface area contributed by atoms with E-state index in [2.05, 4.69) is 31.0 Å². The molecule has 1 aromatic rings. The Balaban J connectivity index is 2.81. The summed E-state index contributed by atoms with van der Waals surface area (Å²) in [5.41, 5.74) is 1.21. The van der Waals surface area contributed by atoms with Crippen molar-refractivity contribution >= 4 is 0 Å². The van der Waals surface area contributed by atoms with Gasteiger partial charge in [-0.25, -0.2) is 0 Å². The van der Waals surface area contributed by atoms with E-state index >= 15 is 0 Å². The average Bonchev–Trinajstić information content (AvgIpc) is 2.32. The van der Waals surface area contributed by atoms with Crippen LogP contribution in [0.4, 0.5) is 0 Å². The summed E-state index contributed by atoms with van der Waals surface area (Å²) in [6, 6.07) is 10.6. The molecule has 88 valence electrons. The fraction of sp³-hybridized carbons (Fsp3) is 0.429. The van der Waals surface area contributed by atoms with E-state index in [1.165, 1.54) is 5.56 Å². The van der Waals surface area contributed by atoms with Gasteiger partial charge in [-0.2, -0.15) is 0 Å². The van der Waals surface area contributed by atoms with E-state index in [1.807, 2.05) is 24.3 Å². The van der Waals surface area contributed by atoms with Crippen LogP contribution in [0.1, 0.15) is 25.0 Å². The molecule has 0 aliphatic rings. The molecule has 0 aliphatic heterocycles. The largest absolute Gasteiger partial charge is 0.375 e. The molecule has 16 heavy (non-hydrogen) atoms. The first-order valence-corrected chi connectivity index (χ1v) is 5.75. The summed E-state index contributed by atoms with van der Waals surface area (Å²) in [5.74, 6) is 0. The van der Waals surface area contributed by atoms with Crippen LogP contribution >= 0.6 is 0 Å². The first-order valence-electron chi connectivity index (χ1n) is 5.75. The molecule has 0 fully saturated rings.